The van der Waals surface area contributed by atoms with Gasteiger partial charge in [0.05, 0.1) is 19.2 Å². The molecule has 0 aromatic heterocycles. The third-order valence-electron chi connectivity index (χ3n) is 2.84. The lowest BCUT2D eigenvalue weighted by atomic mass is 9.97. The smallest absolute Gasteiger partial charge is 0.160 e. The van der Waals surface area contributed by atoms with Gasteiger partial charge in [-0.25, -0.2) is 0 Å². The summed E-state index contributed by atoms with van der Waals surface area (Å²) < 4.78 is 10.5. The fraction of sp³-hybridized carbons (Fsp3) is 0.500. The van der Waals surface area contributed by atoms with Gasteiger partial charge < -0.3 is 14.8 Å². The summed E-state index contributed by atoms with van der Waals surface area (Å²) >= 11 is 5.27. The van der Waals surface area contributed by atoms with E-state index in [2.05, 4.69) is 18.3 Å². The third-order valence-corrected chi connectivity index (χ3v) is 3.15. The van der Waals surface area contributed by atoms with Gasteiger partial charge >= 0.3 is 0 Å². The molecule has 0 aliphatic carbocycles. The van der Waals surface area contributed by atoms with Crippen LogP contribution in [0.1, 0.15) is 31.7 Å². The number of methoxy groups -OCH3 is 2. The van der Waals surface area contributed by atoms with Crippen molar-refractivity contribution in [3.8, 4) is 11.5 Å². The van der Waals surface area contributed by atoms with Gasteiger partial charge in [0, 0.05) is 13.0 Å². The number of thiocarbonyl (C=S) groups is 1. The lowest BCUT2D eigenvalue weighted by Gasteiger charge is -2.15. The minimum atomic E-state index is 0.358. The molecular weight excluding hydrogens is 246 g/mol. The van der Waals surface area contributed by atoms with Crippen molar-refractivity contribution in [3.63, 3.8) is 0 Å². The molecule has 100 valence electrons. The highest BCUT2D eigenvalue weighted by Gasteiger charge is 2.11. The molecule has 0 saturated carbocycles. The van der Waals surface area contributed by atoms with Crippen molar-refractivity contribution in [2.75, 3.05) is 20.8 Å². The van der Waals surface area contributed by atoms with Crippen molar-refractivity contribution in [1.82, 2.24) is 5.32 Å². The van der Waals surface area contributed by atoms with Gasteiger partial charge in [0.2, 0.25) is 0 Å². The molecule has 0 aliphatic rings. The molecule has 0 spiro atoms. The summed E-state index contributed by atoms with van der Waals surface area (Å²) in [4.78, 5) is 0.903. The minimum absolute atomic E-state index is 0.358. The van der Waals surface area contributed by atoms with Crippen LogP contribution in [0.25, 0.3) is 0 Å². The molecule has 4 heteroatoms. The Balaban J connectivity index is 2.79. The lowest BCUT2D eigenvalue weighted by Crippen LogP contribution is -2.22. The molecule has 0 saturated heterocycles. The van der Waals surface area contributed by atoms with Gasteiger partial charge in [-0.15, -0.1) is 0 Å². The SMILES string of the molecule is CCNC(=S)CC(C)c1ccc(OC)c(OC)c1. The minimum Gasteiger partial charge on any atom is -0.493 e. The van der Waals surface area contributed by atoms with Crippen LogP contribution < -0.4 is 14.8 Å². The molecule has 1 unspecified atom stereocenters. The van der Waals surface area contributed by atoms with E-state index in [4.69, 9.17) is 21.7 Å². The zero-order valence-corrected chi connectivity index (χ0v) is 12.3. The van der Waals surface area contributed by atoms with Gasteiger partial charge in [0.1, 0.15) is 0 Å². The molecule has 0 amide bonds. The summed E-state index contributed by atoms with van der Waals surface area (Å²) in [7, 11) is 3.29. The predicted octanol–water partition coefficient (Wildman–Crippen LogP) is 3.13. The summed E-state index contributed by atoms with van der Waals surface area (Å²) in [5.41, 5.74) is 1.20. The largest absolute Gasteiger partial charge is 0.493 e. The monoisotopic (exact) mass is 267 g/mol. The first-order valence-electron chi connectivity index (χ1n) is 6.11. The molecule has 1 N–H and O–H groups in total. The molecule has 0 heterocycles. The maximum atomic E-state index is 5.31. The Morgan fingerprint density at radius 2 is 1.94 bits per heavy atom. The van der Waals surface area contributed by atoms with Gasteiger partial charge in [-0.05, 0) is 30.5 Å². The van der Waals surface area contributed by atoms with Gasteiger partial charge in [0.25, 0.3) is 0 Å². The van der Waals surface area contributed by atoms with E-state index in [9.17, 15) is 0 Å². The topological polar surface area (TPSA) is 30.5 Å². The first-order valence-corrected chi connectivity index (χ1v) is 6.51. The van der Waals surface area contributed by atoms with E-state index in [1.165, 1.54) is 5.56 Å². The second-order valence-corrected chi connectivity index (χ2v) is 4.67. The molecule has 1 atom stereocenters. The highest BCUT2D eigenvalue weighted by atomic mass is 32.1. The number of rotatable bonds is 6. The Labute approximate surface area is 114 Å². The Morgan fingerprint density at radius 1 is 1.28 bits per heavy atom. The van der Waals surface area contributed by atoms with Crippen LogP contribution in [0, 0.1) is 0 Å². The van der Waals surface area contributed by atoms with Gasteiger partial charge in [-0.1, -0.05) is 25.2 Å². The molecule has 1 rings (SSSR count). The third kappa shape index (κ3) is 3.88. The number of ether oxygens (including phenoxy) is 2. The van der Waals surface area contributed by atoms with E-state index in [0.717, 1.165) is 29.5 Å². The van der Waals surface area contributed by atoms with Crippen LogP contribution in [-0.4, -0.2) is 25.8 Å². The van der Waals surface area contributed by atoms with E-state index in [1.54, 1.807) is 14.2 Å². The Kier molecular flexibility index (Phi) is 5.92. The average molecular weight is 267 g/mol. The lowest BCUT2D eigenvalue weighted by molar-refractivity contribution is 0.354. The first kappa shape index (κ1) is 14.8. The number of benzene rings is 1. The molecule has 0 bridgehead atoms. The van der Waals surface area contributed by atoms with Crippen molar-refractivity contribution < 1.29 is 9.47 Å². The zero-order chi connectivity index (χ0) is 13.5. The van der Waals surface area contributed by atoms with Crippen molar-refractivity contribution in [2.45, 2.75) is 26.2 Å². The predicted molar refractivity (Wildman–Crippen MR) is 78.9 cm³/mol. The number of hydrogen-bond donors (Lipinski definition) is 1. The van der Waals surface area contributed by atoms with E-state index in [1.807, 2.05) is 19.1 Å². The summed E-state index contributed by atoms with van der Waals surface area (Å²) in [6.07, 6.45) is 0.846. The maximum absolute atomic E-state index is 5.31. The van der Waals surface area contributed by atoms with Crippen LogP contribution in [0.4, 0.5) is 0 Å². The van der Waals surface area contributed by atoms with Gasteiger partial charge in [-0.3, -0.25) is 0 Å². The molecule has 18 heavy (non-hydrogen) atoms. The quantitative estimate of drug-likeness (QED) is 0.802. The van der Waals surface area contributed by atoms with Gasteiger partial charge in [-0.2, -0.15) is 0 Å². The Morgan fingerprint density at radius 3 is 2.50 bits per heavy atom. The van der Waals surface area contributed by atoms with E-state index < -0.39 is 0 Å². The second kappa shape index (κ2) is 7.21. The Hall–Kier alpha value is -1.29. The molecule has 0 fully saturated rings. The summed E-state index contributed by atoms with van der Waals surface area (Å²) in [6, 6.07) is 6.00. The first-order chi connectivity index (χ1) is 8.62. The summed E-state index contributed by atoms with van der Waals surface area (Å²) in [5.74, 6) is 1.87. The second-order valence-electron chi connectivity index (χ2n) is 4.17. The van der Waals surface area contributed by atoms with Crippen LogP contribution in [0.2, 0.25) is 0 Å². The number of hydrogen-bond acceptors (Lipinski definition) is 3. The molecule has 1 aromatic rings. The molecule has 3 nitrogen and oxygen atoms in total. The highest BCUT2D eigenvalue weighted by Crippen LogP contribution is 2.31. The fourth-order valence-corrected chi connectivity index (χ4v) is 2.22. The Bertz CT molecular complexity index is 407. The van der Waals surface area contributed by atoms with Gasteiger partial charge in [0.15, 0.2) is 11.5 Å². The highest BCUT2D eigenvalue weighted by molar-refractivity contribution is 7.80. The summed E-state index contributed by atoms with van der Waals surface area (Å²) in [6.45, 7) is 5.08. The average Bonchev–Trinajstić information content (AvgIpc) is 2.38. The molecule has 0 radical (unpaired) electrons. The van der Waals surface area contributed by atoms with Crippen molar-refractivity contribution in [1.29, 1.82) is 0 Å². The van der Waals surface area contributed by atoms with E-state index in [0.29, 0.717) is 5.92 Å². The number of nitrogens with one attached hydrogen (secondary N) is 1. The van der Waals surface area contributed by atoms with Crippen LogP contribution in [0.3, 0.4) is 0 Å². The van der Waals surface area contributed by atoms with Crippen molar-refractivity contribution in [3.05, 3.63) is 23.8 Å². The fourth-order valence-electron chi connectivity index (χ4n) is 1.82. The van der Waals surface area contributed by atoms with E-state index >= 15 is 0 Å². The summed E-state index contributed by atoms with van der Waals surface area (Å²) in [5, 5.41) is 3.17. The van der Waals surface area contributed by atoms with Crippen molar-refractivity contribution in [2.24, 2.45) is 0 Å². The van der Waals surface area contributed by atoms with Crippen LogP contribution >= 0.6 is 12.2 Å². The molecular formula is C14H21NO2S. The van der Waals surface area contributed by atoms with Crippen LogP contribution in [-0.2, 0) is 0 Å². The van der Waals surface area contributed by atoms with Crippen molar-refractivity contribution >= 4 is 17.2 Å². The normalized spacial score (nSPS) is 11.8. The van der Waals surface area contributed by atoms with E-state index in [-0.39, 0.29) is 0 Å². The molecule has 1 aromatic carbocycles. The maximum Gasteiger partial charge on any atom is 0.160 e. The zero-order valence-electron chi connectivity index (χ0n) is 11.4. The van der Waals surface area contributed by atoms with Crippen LogP contribution in [0.15, 0.2) is 18.2 Å². The standard InChI is InChI=1S/C14H21NO2S/c1-5-15-14(18)8-10(2)11-6-7-12(16-3)13(9-11)17-4/h6-7,9-10H,5,8H2,1-4H3,(H,15,18). The van der Waals surface area contributed by atoms with Crippen LogP contribution in [0.5, 0.6) is 11.5 Å². The molecule has 0 aliphatic heterocycles.